The van der Waals surface area contributed by atoms with Crippen molar-refractivity contribution >= 4 is 103 Å². The Balaban J connectivity index is 2.16. The fourth-order valence-electron chi connectivity index (χ4n) is 4.59. The number of thioether (sulfide) groups is 6. The van der Waals surface area contributed by atoms with Crippen LogP contribution >= 0.6 is 70.6 Å². The molecule has 4 aromatic carbocycles. The Labute approximate surface area is 277 Å². The van der Waals surface area contributed by atoms with E-state index in [1.54, 1.807) is 0 Å². The monoisotopic (exact) mass is 660 g/mol. The van der Waals surface area contributed by atoms with Crippen molar-refractivity contribution in [3.63, 3.8) is 0 Å². The first-order chi connectivity index (χ1) is 20.6. The van der Waals surface area contributed by atoms with Gasteiger partial charge in [0.25, 0.3) is 0 Å². The van der Waals surface area contributed by atoms with E-state index in [0.717, 1.165) is 34.5 Å². The molecule has 6 heteroatoms. The number of hydrogen-bond acceptors (Lipinski definition) is 6. The van der Waals surface area contributed by atoms with Crippen LogP contribution in [-0.4, -0.2) is 34.5 Å². The van der Waals surface area contributed by atoms with E-state index in [1.807, 2.05) is 107 Å². The molecule has 4 rings (SSSR count). The van der Waals surface area contributed by atoms with E-state index in [-0.39, 0.29) is 0 Å². The van der Waals surface area contributed by atoms with E-state index < -0.39 is 0 Å². The van der Waals surface area contributed by atoms with Gasteiger partial charge in [-0.05, 0) is 68.7 Å². The SMILES string of the molecule is C=CCSc1cc2c3cc(SCC=C)c(SCC=C)cc3c3cc(SCC=C)c(SCC=C)cc3c2cc1SCC=C. The van der Waals surface area contributed by atoms with Crippen molar-refractivity contribution in [2.24, 2.45) is 0 Å². The Morgan fingerprint density at radius 1 is 0.310 bits per heavy atom. The molecule has 0 unspecified atom stereocenters. The average molecular weight is 661 g/mol. The molecule has 0 saturated heterocycles. The van der Waals surface area contributed by atoms with Gasteiger partial charge in [0.1, 0.15) is 0 Å². The molecule has 0 N–H and O–H groups in total. The fraction of sp³-hybridized carbons (Fsp3) is 0.167. The van der Waals surface area contributed by atoms with Gasteiger partial charge in [0, 0.05) is 63.9 Å². The highest BCUT2D eigenvalue weighted by atomic mass is 32.2. The normalized spacial score (nSPS) is 11.1. The number of fused-ring (bicyclic) bond motifs is 6. The maximum atomic E-state index is 3.98. The molecule has 0 atom stereocenters. The summed E-state index contributed by atoms with van der Waals surface area (Å²) in [5, 5.41) is 7.74. The molecule has 42 heavy (non-hydrogen) atoms. The molecule has 0 radical (unpaired) electrons. The van der Waals surface area contributed by atoms with Crippen molar-refractivity contribution in [2.45, 2.75) is 29.4 Å². The zero-order chi connectivity index (χ0) is 29.9. The van der Waals surface area contributed by atoms with E-state index in [4.69, 9.17) is 0 Å². The Kier molecular flexibility index (Phi) is 13.3. The predicted octanol–water partition coefficient (Wildman–Crippen LogP) is 12.8. The van der Waals surface area contributed by atoms with Crippen molar-refractivity contribution in [2.75, 3.05) is 34.5 Å². The van der Waals surface area contributed by atoms with Crippen LogP contribution in [0.15, 0.2) is 142 Å². The highest BCUT2D eigenvalue weighted by Crippen LogP contribution is 2.47. The summed E-state index contributed by atoms with van der Waals surface area (Å²) >= 11 is 11.1. The van der Waals surface area contributed by atoms with Crippen LogP contribution in [0, 0.1) is 0 Å². The predicted molar refractivity (Wildman–Crippen MR) is 204 cm³/mol. The topological polar surface area (TPSA) is 0 Å². The molecule has 0 saturated carbocycles. The first-order valence-electron chi connectivity index (χ1n) is 13.6. The maximum absolute atomic E-state index is 3.98. The summed E-state index contributed by atoms with van der Waals surface area (Å²) in [6.45, 7) is 23.9. The van der Waals surface area contributed by atoms with Crippen molar-refractivity contribution in [1.82, 2.24) is 0 Å². The lowest BCUT2D eigenvalue weighted by Gasteiger charge is -2.19. The third-order valence-corrected chi connectivity index (χ3v) is 13.0. The summed E-state index contributed by atoms with van der Waals surface area (Å²) in [4.78, 5) is 7.75. The summed E-state index contributed by atoms with van der Waals surface area (Å²) in [6.07, 6.45) is 11.9. The molecule has 0 spiro atoms. The van der Waals surface area contributed by atoms with E-state index in [1.165, 1.54) is 61.7 Å². The van der Waals surface area contributed by atoms with Crippen LogP contribution in [0.3, 0.4) is 0 Å². The van der Waals surface area contributed by atoms with Crippen molar-refractivity contribution in [3.05, 3.63) is 112 Å². The average Bonchev–Trinajstić information content (AvgIpc) is 3.01. The van der Waals surface area contributed by atoms with Gasteiger partial charge in [0.15, 0.2) is 0 Å². The highest BCUT2D eigenvalue weighted by molar-refractivity contribution is 8.03. The molecule has 0 amide bonds. The summed E-state index contributed by atoms with van der Waals surface area (Å²) < 4.78 is 0. The number of benzene rings is 4. The molecule has 216 valence electrons. The van der Waals surface area contributed by atoms with Crippen LogP contribution in [0.1, 0.15) is 0 Å². The second-order valence-corrected chi connectivity index (χ2v) is 15.5. The smallest absolute Gasteiger partial charge is 0.0218 e. The second-order valence-electron chi connectivity index (χ2n) is 9.13. The van der Waals surface area contributed by atoms with E-state index in [2.05, 4.69) is 75.9 Å². The minimum absolute atomic E-state index is 0.869. The molecular formula is C36H36S6. The maximum Gasteiger partial charge on any atom is 0.0218 e. The van der Waals surface area contributed by atoms with E-state index >= 15 is 0 Å². The zero-order valence-corrected chi connectivity index (χ0v) is 28.8. The third-order valence-electron chi connectivity index (χ3n) is 6.26. The molecule has 0 heterocycles. The van der Waals surface area contributed by atoms with Crippen LogP contribution in [0.5, 0.6) is 0 Å². The largest absolute Gasteiger partial charge is 0.121 e. The fourth-order valence-corrected chi connectivity index (χ4v) is 9.85. The van der Waals surface area contributed by atoms with Crippen molar-refractivity contribution in [1.29, 1.82) is 0 Å². The first-order valence-corrected chi connectivity index (χ1v) is 19.5. The second kappa shape index (κ2) is 16.9. The lowest BCUT2D eigenvalue weighted by atomic mass is 9.94. The number of hydrogen-bond donors (Lipinski definition) is 0. The van der Waals surface area contributed by atoms with Crippen LogP contribution in [0.2, 0.25) is 0 Å². The van der Waals surface area contributed by atoms with Crippen molar-refractivity contribution in [3.8, 4) is 0 Å². The standard InChI is InChI=1S/C36H36S6/c1-7-13-37-31-19-25-26(20-32(31)38-14-8-2)28-22-34(40-16-10-4)36(42-18-12-6)24-30(28)29-23-35(41-17-11-5)33(21-27(25)29)39-15-9-3/h7-12,19-24H,1-6,13-18H2. The quantitative estimate of drug-likeness (QED) is 0.0587. The minimum Gasteiger partial charge on any atom is -0.121 e. The van der Waals surface area contributed by atoms with Gasteiger partial charge in [-0.15, -0.1) is 110 Å². The van der Waals surface area contributed by atoms with Crippen LogP contribution in [0.25, 0.3) is 32.3 Å². The first kappa shape index (κ1) is 33.1. The Morgan fingerprint density at radius 2 is 0.452 bits per heavy atom. The summed E-state index contributed by atoms with van der Waals surface area (Å²) in [6, 6.07) is 14.5. The Morgan fingerprint density at radius 3 is 0.571 bits per heavy atom. The molecule has 0 bridgehead atoms. The summed E-state index contributed by atoms with van der Waals surface area (Å²) in [5.74, 6) is 5.21. The van der Waals surface area contributed by atoms with E-state index in [0.29, 0.717) is 0 Å². The van der Waals surface area contributed by atoms with Crippen LogP contribution in [0.4, 0.5) is 0 Å². The Hall–Kier alpha value is -1.80. The molecule has 0 nitrogen and oxygen atoms in total. The van der Waals surface area contributed by atoms with Gasteiger partial charge in [-0.1, -0.05) is 36.5 Å². The van der Waals surface area contributed by atoms with Gasteiger partial charge in [0.05, 0.1) is 0 Å². The molecule has 0 aliphatic carbocycles. The molecule has 0 aliphatic heterocycles. The summed E-state index contributed by atoms with van der Waals surface area (Å²) in [7, 11) is 0. The lowest BCUT2D eigenvalue weighted by molar-refractivity contribution is 1.26. The van der Waals surface area contributed by atoms with Gasteiger partial charge in [-0.3, -0.25) is 0 Å². The highest BCUT2D eigenvalue weighted by Gasteiger charge is 2.18. The molecule has 4 aromatic rings. The van der Waals surface area contributed by atoms with Crippen molar-refractivity contribution < 1.29 is 0 Å². The van der Waals surface area contributed by atoms with Crippen LogP contribution < -0.4 is 0 Å². The zero-order valence-electron chi connectivity index (χ0n) is 23.9. The van der Waals surface area contributed by atoms with Gasteiger partial charge in [-0.25, -0.2) is 0 Å². The molecule has 0 fully saturated rings. The minimum atomic E-state index is 0.869. The Bertz CT molecular complexity index is 1300. The van der Waals surface area contributed by atoms with Gasteiger partial charge in [-0.2, -0.15) is 0 Å². The van der Waals surface area contributed by atoms with E-state index in [9.17, 15) is 0 Å². The molecular weight excluding hydrogens is 625 g/mol. The molecule has 0 aromatic heterocycles. The lowest BCUT2D eigenvalue weighted by Crippen LogP contribution is -1.92. The molecule has 0 aliphatic rings. The van der Waals surface area contributed by atoms with Gasteiger partial charge in [0.2, 0.25) is 0 Å². The van der Waals surface area contributed by atoms with Gasteiger partial charge < -0.3 is 0 Å². The van der Waals surface area contributed by atoms with Crippen LogP contribution in [-0.2, 0) is 0 Å². The van der Waals surface area contributed by atoms with Gasteiger partial charge >= 0.3 is 0 Å². The summed E-state index contributed by atoms with van der Waals surface area (Å²) in [5.41, 5.74) is 0. The number of rotatable bonds is 18. The third kappa shape index (κ3) is 7.82.